The van der Waals surface area contributed by atoms with Crippen molar-refractivity contribution in [2.24, 2.45) is 0 Å². The zero-order valence-corrected chi connectivity index (χ0v) is 18.7. The van der Waals surface area contributed by atoms with Gasteiger partial charge in [-0.15, -0.1) is 0 Å². The van der Waals surface area contributed by atoms with Gasteiger partial charge in [-0.3, -0.25) is 9.13 Å². The van der Waals surface area contributed by atoms with Crippen LogP contribution in [0.3, 0.4) is 0 Å². The van der Waals surface area contributed by atoms with E-state index >= 15 is 0 Å². The third-order valence-corrected chi connectivity index (χ3v) is 7.68. The molecule has 9 heteroatoms. The van der Waals surface area contributed by atoms with Crippen LogP contribution in [0.2, 0.25) is 0 Å². The standard InChI is InChI=1S/C16H18Br2O5P2/c1-24(19,21-11-13-3-7-15(17)8-4-13)23-25(2,20)22-12-14-5-9-16(18)10-6-14/h3-10H,11-12H2,1-2H3. The molecule has 2 unspecified atom stereocenters. The van der Waals surface area contributed by atoms with Gasteiger partial charge in [-0.1, -0.05) is 56.1 Å². The Labute approximate surface area is 164 Å². The molecule has 0 bridgehead atoms. The van der Waals surface area contributed by atoms with Gasteiger partial charge in [0.1, 0.15) is 0 Å². The Balaban J connectivity index is 1.88. The Hall–Kier alpha value is -0.260. The summed E-state index contributed by atoms with van der Waals surface area (Å²) in [6.07, 6.45) is 0. The van der Waals surface area contributed by atoms with E-state index in [4.69, 9.17) is 13.4 Å². The SMILES string of the molecule is CP(=O)(OCc1ccc(Br)cc1)OP(C)(=O)OCc1ccc(Br)cc1. The number of hydrogen-bond acceptors (Lipinski definition) is 5. The predicted molar refractivity (Wildman–Crippen MR) is 106 cm³/mol. The molecule has 0 N–H and O–H groups in total. The molecule has 0 aliphatic heterocycles. The minimum atomic E-state index is -3.53. The monoisotopic (exact) mass is 510 g/mol. The minimum absolute atomic E-state index is 0.0910. The molecule has 136 valence electrons. The van der Waals surface area contributed by atoms with E-state index in [1.165, 1.54) is 13.3 Å². The van der Waals surface area contributed by atoms with Gasteiger partial charge in [0.15, 0.2) is 0 Å². The zero-order chi connectivity index (χ0) is 18.5. The van der Waals surface area contributed by atoms with Crippen molar-refractivity contribution >= 4 is 47.1 Å². The summed E-state index contributed by atoms with van der Waals surface area (Å²) in [5, 5.41) is 0. The topological polar surface area (TPSA) is 61.8 Å². The first-order valence-corrected chi connectivity index (χ1v) is 12.9. The van der Waals surface area contributed by atoms with Crippen molar-refractivity contribution in [2.45, 2.75) is 13.2 Å². The summed E-state index contributed by atoms with van der Waals surface area (Å²) in [7, 11) is -7.06. The number of halogens is 2. The van der Waals surface area contributed by atoms with Gasteiger partial charge in [0.25, 0.3) is 0 Å². The first kappa shape index (κ1) is 21.0. The summed E-state index contributed by atoms with van der Waals surface area (Å²) in [5.74, 6) is 0. The molecule has 0 spiro atoms. The molecule has 0 amide bonds. The van der Waals surface area contributed by atoms with E-state index < -0.39 is 15.2 Å². The van der Waals surface area contributed by atoms with Gasteiger partial charge in [0.2, 0.25) is 0 Å². The molecular weight excluding hydrogens is 494 g/mol. The van der Waals surface area contributed by atoms with Crippen molar-refractivity contribution in [3.05, 3.63) is 68.6 Å². The molecule has 0 radical (unpaired) electrons. The van der Waals surface area contributed by atoms with Crippen LogP contribution in [0.4, 0.5) is 0 Å². The Bertz CT molecular complexity index is 726. The van der Waals surface area contributed by atoms with Crippen molar-refractivity contribution in [1.82, 2.24) is 0 Å². The van der Waals surface area contributed by atoms with Crippen LogP contribution >= 0.6 is 47.1 Å². The van der Waals surface area contributed by atoms with E-state index in [9.17, 15) is 9.13 Å². The molecular formula is C16H18Br2O5P2. The minimum Gasteiger partial charge on any atom is -0.304 e. The smallest absolute Gasteiger partial charge is 0.304 e. The highest BCUT2D eigenvalue weighted by Crippen LogP contribution is 2.61. The normalized spacial score (nSPS) is 16.2. The highest BCUT2D eigenvalue weighted by molar-refractivity contribution is 9.10. The van der Waals surface area contributed by atoms with Crippen LogP contribution in [-0.2, 0) is 35.7 Å². The van der Waals surface area contributed by atoms with Gasteiger partial charge in [-0.25, -0.2) is 4.31 Å². The molecule has 2 aromatic carbocycles. The number of rotatable bonds is 8. The van der Waals surface area contributed by atoms with Gasteiger partial charge in [0, 0.05) is 22.3 Å². The van der Waals surface area contributed by atoms with E-state index in [1.807, 2.05) is 48.5 Å². The molecule has 25 heavy (non-hydrogen) atoms. The average molecular weight is 512 g/mol. The van der Waals surface area contributed by atoms with Gasteiger partial charge >= 0.3 is 15.2 Å². The fourth-order valence-corrected chi connectivity index (χ4v) is 5.69. The molecule has 0 heterocycles. The van der Waals surface area contributed by atoms with Crippen molar-refractivity contribution in [2.75, 3.05) is 13.3 Å². The van der Waals surface area contributed by atoms with Gasteiger partial charge in [-0.05, 0) is 35.4 Å². The first-order chi connectivity index (χ1) is 11.7. The molecule has 0 saturated carbocycles. The Morgan fingerprint density at radius 2 is 1.04 bits per heavy atom. The summed E-state index contributed by atoms with van der Waals surface area (Å²) in [5.41, 5.74) is 1.66. The average Bonchev–Trinajstić information content (AvgIpc) is 2.53. The Morgan fingerprint density at radius 1 is 0.720 bits per heavy atom. The van der Waals surface area contributed by atoms with Crippen LogP contribution in [0.1, 0.15) is 11.1 Å². The second-order valence-corrected chi connectivity index (χ2v) is 11.5. The molecule has 0 saturated heterocycles. The second kappa shape index (κ2) is 9.09. The largest absolute Gasteiger partial charge is 0.335 e. The van der Waals surface area contributed by atoms with E-state index in [0.717, 1.165) is 20.1 Å². The molecule has 0 fully saturated rings. The van der Waals surface area contributed by atoms with Crippen LogP contribution in [-0.4, -0.2) is 13.3 Å². The quantitative estimate of drug-likeness (QED) is 0.373. The Kier molecular flexibility index (Phi) is 7.66. The van der Waals surface area contributed by atoms with Crippen molar-refractivity contribution in [3.8, 4) is 0 Å². The van der Waals surface area contributed by atoms with E-state index in [1.54, 1.807) is 0 Å². The maximum Gasteiger partial charge on any atom is 0.335 e. The highest BCUT2D eigenvalue weighted by Gasteiger charge is 2.29. The Morgan fingerprint density at radius 3 is 1.36 bits per heavy atom. The lowest BCUT2D eigenvalue weighted by atomic mass is 10.2. The van der Waals surface area contributed by atoms with Gasteiger partial charge < -0.3 is 9.05 Å². The first-order valence-electron chi connectivity index (χ1n) is 7.30. The summed E-state index contributed by atoms with van der Waals surface area (Å²) in [6.45, 7) is 2.75. The highest BCUT2D eigenvalue weighted by atomic mass is 79.9. The lowest BCUT2D eigenvalue weighted by Crippen LogP contribution is -1.97. The summed E-state index contributed by atoms with van der Waals surface area (Å²) < 4.78 is 42.5. The van der Waals surface area contributed by atoms with Crippen molar-refractivity contribution in [3.63, 3.8) is 0 Å². The van der Waals surface area contributed by atoms with Crippen LogP contribution in [0.25, 0.3) is 0 Å². The van der Waals surface area contributed by atoms with Crippen LogP contribution in [0.5, 0.6) is 0 Å². The molecule has 2 aromatic rings. The number of benzene rings is 2. The van der Waals surface area contributed by atoms with Crippen molar-refractivity contribution in [1.29, 1.82) is 0 Å². The lowest BCUT2D eigenvalue weighted by molar-refractivity contribution is 0.222. The van der Waals surface area contributed by atoms with E-state index in [-0.39, 0.29) is 13.2 Å². The van der Waals surface area contributed by atoms with Gasteiger partial charge in [0.05, 0.1) is 13.2 Å². The molecule has 0 aromatic heterocycles. The number of hydrogen-bond donors (Lipinski definition) is 0. The van der Waals surface area contributed by atoms with Gasteiger partial charge in [-0.2, -0.15) is 0 Å². The summed E-state index contributed by atoms with van der Waals surface area (Å²) >= 11 is 6.68. The fraction of sp³-hybridized carbons (Fsp3) is 0.250. The molecule has 5 nitrogen and oxygen atoms in total. The zero-order valence-electron chi connectivity index (χ0n) is 13.7. The van der Waals surface area contributed by atoms with Crippen LogP contribution < -0.4 is 0 Å². The lowest BCUT2D eigenvalue weighted by Gasteiger charge is -2.19. The van der Waals surface area contributed by atoms with E-state index in [0.29, 0.717) is 0 Å². The molecule has 0 aliphatic rings. The molecule has 2 atom stereocenters. The summed E-state index contributed by atoms with van der Waals surface area (Å²) in [4.78, 5) is 0. The summed E-state index contributed by atoms with van der Waals surface area (Å²) in [6, 6.07) is 14.7. The third-order valence-electron chi connectivity index (χ3n) is 3.05. The maximum absolute atomic E-state index is 12.4. The second-order valence-electron chi connectivity index (χ2n) is 5.42. The van der Waals surface area contributed by atoms with Crippen LogP contribution in [0.15, 0.2) is 57.5 Å². The van der Waals surface area contributed by atoms with E-state index in [2.05, 4.69) is 31.9 Å². The predicted octanol–water partition coefficient (Wildman–Crippen LogP) is 6.61. The van der Waals surface area contributed by atoms with Crippen molar-refractivity contribution < 1.29 is 22.5 Å². The maximum atomic E-state index is 12.4. The molecule has 0 aliphatic carbocycles. The molecule has 2 rings (SSSR count). The fourth-order valence-electron chi connectivity index (χ4n) is 1.86. The van der Waals surface area contributed by atoms with Crippen LogP contribution in [0, 0.1) is 0 Å². The third kappa shape index (κ3) is 7.88.